The first-order valence-electron chi connectivity index (χ1n) is 5.93. The van der Waals surface area contributed by atoms with E-state index in [9.17, 15) is 0 Å². The van der Waals surface area contributed by atoms with Crippen LogP contribution < -0.4 is 5.32 Å². The monoisotopic (exact) mass is 199 g/mol. The van der Waals surface area contributed by atoms with Crippen LogP contribution in [-0.2, 0) is 0 Å². The molecule has 1 rings (SSSR count). The lowest BCUT2D eigenvalue weighted by molar-refractivity contribution is 0.227. The van der Waals surface area contributed by atoms with Crippen LogP contribution in [-0.4, -0.2) is 24.3 Å². The van der Waals surface area contributed by atoms with Crippen molar-refractivity contribution in [2.24, 2.45) is 11.3 Å². The van der Waals surface area contributed by atoms with Crippen molar-refractivity contribution in [3.63, 3.8) is 0 Å². The lowest BCUT2D eigenvalue weighted by Crippen LogP contribution is -2.34. The van der Waals surface area contributed by atoms with E-state index >= 15 is 0 Å². The van der Waals surface area contributed by atoms with Crippen molar-refractivity contribution in [2.45, 2.75) is 52.5 Å². The average molecular weight is 199 g/mol. The third kappa shape index (κ3) is 3.58. The molecular weight excluding hydrogens is 174 g/mol. The highest BCUT2D eigenvalue weighted by atomic mass is 16.3. The van der Waals surface area contributed by atoms with Crippen molar-refractivity contribution < 1.29 is 5.11 Å². The third-order valence-corrected chi connectivity index (χ3v) is 3.72. The van der Waals surface area contributed by atoms with Crippen molar-refractivity contribution in [3.8, 4) is 0 Å². The molecule has 2 nitrogen and oxygen atoms in total. The molecule has 1 aliphatic carbocycles. The Morgan fingerprint density at radius 1 is 1.36 bits per heavy atom. The summed E-state index contributed by atoms with van der Waals surface area (Å²) in [5, 5.41) is 12.4. The van der Waals surface area contributed by atoms with Crippen molar-refractivity contribution in [1.29, 1.82) is 0 Å². The molecule has 1 saturated carbocycles. The molecule has 1 aliphatic rings. The first-order valence-corrected chi connectivity index (χ1v) is 5.93. The highest BCUT2D eigenvalue weighted by molar-refractivity contribution is 4.96. The van der Waals surface area contributed by atoms with Crippen LogP contribution in [0.1, 0.15) is 46.5 Å². The van der Waals surface area contributed by atoms with Crippen molar-refractivity contribution in [1.82, 2.24) is 5.32 Å². The molecule has 0 heterocycles. The Labute approximate surface area is 88.1 Å². The largest absolute Gasteiger partial charge is 0.396 e. The smallest absolute Gasteiger partial charge is 0.0456 e. The molecule has 2 N–H and O–H groups in total. The van der Waals surface area contributed by atoms with Crippen LogP contribution in [0.15, 0.2) is 0 Å². The zero-order chi connectivity index (χ0) is 10.6. The number of hydrogen-bond donors (Lipinski definition) is 2. The predicted molar refractivity (Wildman–Crippen MR) is 60.3 cm³/mol. The Kier molecular flexibility index (Phi) is 4.39. The summed E-state index contributed by atoms with van der Waals surface area (Å²) in [7, 11) is 0. The first kappa shape index (κ1) is 12.0. The van der Waals surface area contributed by atoms with E-state index in [1.54, 1.807) is 0 Å². The summed E-state index contributed by atoms with van der Waals surface area (Å²) < 4.78 is 0. The van der Waals surface area contributed by atoms with Crippen molar-refractivity contribution in [3.05, 3.63) is 0 Å². The van der Waals surface area contributed by atoms with Gasteiger partial charge in [0, 0.05) is 12.6 Å². The molecule has 0 aromatic carbocycles. The maximum Gasteiger partial charge on any atom is 0.0456 e. The summed E-state index contributed by atoms with van der Waals surface area (Å²) in [6, 6.07) is 0.659. The Morgan fingerprint density at radius 3 is 2.50 bits per heavy atom. The van der Waals surface area contributed by atoms with Gasteiger partial charge in [0.2, 0.25) is 0 Å². The Bertz CT molecular complexity index is 166. The van der Waals surface area contributed by atoms with E-state index in [0.717, 1.165) is 13.0 Å². The Hall–Kier alpha value is -0.0800. The van der Waals surface area contributed by atoms with E-state index < -0.39 is 0 Å². The molecule has 84 valence electrons. The molecule has 2 heteroatoms. The second kappa shape index (κ2) is 5.13. The molecule has 0 spiro atoms. The first-order chi connectivity index (χ1) is 6.58. The second-order valence-electron chi connectivity index (χ2n) is 5.26. The maximum absolute atomic E-state index is 8.86. The quantitative estimate of drug-likeness (QED) is 0.616. The third-order valence-electron chi connectivity index (χ3n) is 3.72. The van der Waals surface area contributed by atoms with Crippen molar-refractivity contribution in [2.75, 3.05) is 13.2 Å². The molecule has 1 fully saturated rings. The van der Waals surface area contributed by atoms with Gasteiger partial charge < -0.3 is 10.4 Å². The van der Waals surface area contributed by atoms with Crippen LogP contribution in [0, 0.1) is 11.3 Å². The minimum atomic E-state index is 0.327. The number of aliphatic hydroxyl groups is 1. The average Bonchev–Trinajstić information content (AvgIpc) is 2.91. The molecule has 0 aromatic rings. The SMILES string of the molecule is CC(CO)CCCNC(C)C1(C)CC1. The molecule has 0 saturated heterocycles. The number of nitrogens with one attached hydrogen (secondary N) is 1. The van der Waals surface area contributed by atoms with E-state index in [0.29, 0.717) is 24.0 Å². The standard InChI is InChI=1S/C12H25NO/c1-10(9-14)5-4-8-13-11(2)12(3)6-7-12/h10-11,13-14H,4-9H2,1-3H3. The Balaban J connectivity index is 1.98. The number of rotatable bonds is 7. The molecule has 0 bridgehead atoms. The highest BCUT2D eigenvalue weighted by Crippen LogP contribution is 2.47. The molecule has 0 amide bonds. The van der Waals surface area contributed by atoms with Crippen LogP contribution in [0.25, 0.3) is 0 Å². The van der Waals surface area contributed by atoms with Gasteiger partial charge in [0.25, 0.3) is 0 Å². The van der Waals surface area contributed by atoms with Crippen LogP contribution >= 0.6 is 0 Å². The summed E-state index contributed by atoms with van der Waals surface area (Å²) in [5.74, 6) is 0.462. The molecule has 0 aromatic heterocycles. The molecular formula is C12H25NO. The fourth-order valence-electron chi connectivity index (χ4n) is 1.74. The van der Waals surface area contributed by atoms with Gasteiger partial charge in [0.1, 0.15) is 0 Å². The van der Waals surface area contributed by atoms with Crippen LogP contribution in [0.3, 0.4) is 0 Å². The van der Waals surface area contributed by atoms with Crippen molar-refractivity contribution >= 4 is 0 Å². The van der Waals surface area contributed by atoms with E-state index in [2.05, 4.69) is 26.1 Å². The molecule has 0 aliphatic heterocycles. The van der Waals surface area contributed by atoms with Gasteiger partial charge in [-0.2, -0.15) is 0 Å². The summed E-state index contributed by atoms with van der Waals surface area (Å²) in [4.78, 5) is 0. The van der Waals surface area contributed by atoms with Gasteiger partial charge in [0.15, 0.2) is 0 Å². The summed E-state index contributed by atoms with van der Waals surface area (Å²) in [5.41, 5.74) is 0.586. The van der Waals surface area contributed by atoms with Gasteiger partial charge in [-0.3, -0.25) is 0 Å². The highest BCUT2D eigenvalue weighted by Gasteiger charge is 2.41. The van der Waals surface area contributed by atoms with E-state index in [1.165, 1.54) is 19.3 Å². The Morgan fingerprint density at radius 2 is 2.00 bits per heavy atom. The topological polar surface area (TPSA) is 32.3 Å². The van der Waals surface area contributed by atoms with Gasteiger partial charge in [-0.25, -0.2) is 0 Å². The summed E-state index contributed by atoms with van der Waals surface area (Å²) in [6.07, 6.45) is 5.08. The zero-order valence-corrected chi connectivity index (χ0v) is 9.84. The fourth-order valence-corrected chi connectivity index (χ4v) is 1.74. The van der Waals surface area contributed by atoms with Crippen LogP contribution in [0.4, 0.5) is 0 Å². The fraction of sp³-hybridized carbons (Fsp3) is 1.00. The predicted octanol–water partition coefficient (Wildman–Crippen LogP) is 2.17. The van der Waals surface area contributed by atoms with E-state index in [1.807, 2.05) is 0 Å². The minimum Gasteiger partial charge on any atom is -0.396 e. The lowest BCUT2D eigenvalue weighted by Gasteiger charge is -2.20. The van der Waals surface area contributed by atoms with Gasteiger partial charge in [-0.1, -0.05) is 13.8 Å². The molecule has 2 unspecified atom stereocenters. The second-order valence-corrected chi connectivity index (χ2v) is 5.26. The normalized spacial score (nSPS) is 23.1. The molecule has 14 heavy (non-hydrogen) atoms. The van der Waals surface area contributed by atoms with E-state index in [4.69, 9.17) is 5.11 Å². The zero-order valence-electron chi connectivity index (χ0n) is 9.84. The summed E-state index contributed by atoms with van der Waals surface area (Å²) >= 11 is 0. The van der Waals surface area contributed by atoms with E-state index in [-0.39, 0.29) is 0 Å². The van der Waals surface area contributed by atoms with Gasteiger partial charge >= 0.3 is 0 Å². The van der Waals surface area contributed by atoms with Crippen LogP contribution in [0.5, 0.6) is 0 Å². The molecule has 0 radical (unpaired) electrons. The van der Waals surface area contributed by atoms with Gasteiger partial charge in [0.05, 0.1) is 0 Å². The molecule has 2 atom stereocenters. The van der Waals surface area contributed by atoms with Gasteiger partial charge in [-0.15, -0.1) is 0 Å². The maximum atomic E-state index is 8.86. The minimum absolute atomic E-state index is 0.327. The summed E-state index contributed by atoms with van der Waals surface area (Å²) in [6.45, 7) is 8.18. The van der Waals surface area contributed by atoms with Gasteiger partial charge in [-0.05, 0) is 50.5 Å². The number of hydrogen-bond acceptors (Lipinski definition) is 2. The number of aliphatic hydroxyl groups excluding tert-OH is 1. The van der Waals surface area contributed by atoms with Crippen LogP contribution in [0.2, 0.25) is 0 Å². The lowest BCUT2D eigenvalue weighted by atomic mass is 10.0.